The maximum absolute atomic E-state index is 10.6. The fourth-order valence-corrected chi connectivity index (χ4v) is 6.78. The van der Waals surface area contributed by atoms with Crippen molar-refractivity contribution >= 4 is 82.4 Å². The van der Waals surface area contributed by atoms with Gasteiger partial charge in [-0.3, -0.25) is 9.11 Å². The van der Waals surface area contributed by atoms with Crippen LogP contribution in [0.5, 0.6) is 11.5 Å². The molecule has 0 atom stereocenters. The Hall–Kier alpha value is -0.884. The van der Waals surface area contributed by atoms with Crippen molar-refractivity contribution in [2.24, 2.45) is 0 Å². The molecule has 0 aliphatic carbocycles. The summed E-state index contributed by atoms with van der Waals surface area (Å²) in [7, 11) is -7.89. The van der Waals surface area contributed by atoms with Gasteiger partial charge in [-0.2, -0.15) is 16.8 Å². The summed E-state index contributed by atoms with van der Waals surface area (Å²) in [4.78, 5) is 0. The van der Waals surface area contributed by atoms with E-state index < -0.39 is 20.2 Å². The van der Waals surface area contributed by atoms with E-state index in [9.17, 15) is 16.8 Å². The van der Waals surface area contributed by atoms with Gasteiger partial charge in [0.2, 0.25) is 0 Å². The molecule has 2 rings (SSSR count). The molecular formula is C48H85KO24S2. The van der Waals surface area contributed by atoms with Gasteiger partial charge in [-0.25, -0.2) is 0 Å². The molecule has 0 heterocycles. The molecule has 0 aromatic heterocycles. The van der Waals surface area contributed by atoms with Gasteiger partial charge in [-0.05, 0) is 35.7 Å². The van der Waals surface area contributed by atoms with Crippen LogP contribution >= 0.6 is 0 Å². The number of benzene rings is 2. The Labute approximate surface area is 486 Å². The van der Waals surface area contributed by atoms with Crippen LogP contribution in [0.4, 0.5) is 0 Å². The first-order valence-electron chi connectivity index (χ1n) is 25.1. The van der Waals surface area contributed by atoms with Crippen molar-refractivity contribution in [3.63, 3.8) is 0 Å². The van der Waals surface area contributed by atoms with Gasteiger partial charge in [0, 0.05) is 13.2 Å². The number of hydrogen-bond donors (Lipinski definition) is 2. The predicted octanol–water partition coefficient (Wildman–Crippen LogP) is 1.77. The van der Waals surface area contributed by atoms with Gasteiger partial charge in [-0.15, -0.1) is 0 Å². The number of hydrogen-bond acceptors (Lipinski definition) is 22. The van der Waals surface area contributed by atoms with Gasteiger partial charge < -0.3 is 85.3 Å². The summed E-state index contributed by atoms with van der Waals surface area (Å²) < 4.78 is 160. The minimum atomic E-state index is -3.94. The fourth-order valence-electron chi connectivity index (χ4n) is 5.81. The van der Waals surface area contributed by atoms with Crippen LogP contribution in [0, 0.1) is 0 Å². The van der Waals surface area contributed by atoms with Crippen LogP contribution in [0.1, 0.15) is 12.8 Å². The molecule has 2 aromatic rings. The number of ether oxygens (including phenoxy) is 18. The molecule has 0 fully saturated rings. The molecule has 75 heavy (non-hydrogen) atoms. The molecule has 0 saturated heterocycles. The molecular weight excluding hydrogens is 1060 g/mol. The van der Waals surface area contributed by atoms with Crippen LogP contribution in [0.3, 0.4) is 0 Å². The summed E-state index contributed by atoms with van der Waals surface area (Å²) >= 11 is 0. The zero-order valence-corrected chi connectivity index (χ0v) is 44.7. The van der Waals surface area contributed by atoms with Gasteiger partial charge >= 0.3 is 51.4 Å². The molecule has 0 saturated carbocycles. The monoisotopic (exact) mass is 1150 g/mol. The molecule has 24 nitrogen and oxygen atoms in total. The van der Waals surface area contributed by atoms with Gasteiger partial charge in [0.05, 0.1) is 210 Å². The van der Waals surface area contributed by atoms with Crippen molar-refractivity contribution in [3.8, 4) is 11.5 Å². The molecule has 434 valence electrons. The van der Waals surface area contributed by atoms with E-state index in [0.717, 1.165) is 10.8 Å². The summed E-state index contributed by atoms with van der Waals surface area (Å²) in [5, 5.41) is 2.07. The van der Waals surface area contributed by atoms with Crippen molar-refractivity contribution in [1.29, 1.82) is 0 Å². The van der Waals surface area contributed by atoms with E-state index in [1.54, 1.807) is 0 Å². The van der Waals surface area contributed by atoms with E-state index in [4.69, 9.17) is 94.4 Å². The Morgan fingerprint density at radius 1 is 0.280 bits per heavy atom. The molecule has 0 bridgehead atoms. The second-order valence-corrected chi connectivity index (χ2v) is 18.6. The van der Waals surface area contributed by atoms with Crippen LogP contribution in [0.15, 0.2) is 36.4 Å². The number of rotatable bonds is 58. The van der Waals surface area contributed by atoms with E-state index in [-0.39, 0.29) is 88.9 Å². The fraction of sp³-hybridized carbons (Fsp3) is 0.792. The molecule has 0 aliphatic heterocycles. The van der Waals surface area contributed by atoms with Crippen molar-refractivity contribution in [3.05, 3.63) is 36.4 Å². The summed E-state index contributed by atoms with van der Waals surface area (Å²) in [6.07, 6.45) is 0.469. The van der Waals surface area contributed by atoms with Gasteiger partial charge in [0.15, 0.2) is 11.5 Å². The van der Waals surface area contributed by atoms with Crippen molar-refractivity contribution in [2.45, 2.75) is 12.8 Å². The molecule has 2 aromatic carbocycles. The molecule has 0 amide bonds. The van der Waals surface area contributed by atoms with E-state index >= 15 is 0 Å². The normalized spacial score (nSPS) is 11.9. The predicted molar refractivity (Wildman–Crippen MR) is 277 cm³/mol. The van der Waals surface area contributed by atoms with Crippen LogP contribution in [0.25, 0.3) is 10.8 Å². The first-order chi connectivity index (χ1) is 36.1. The quantitative estimate of drug-likeness (QED) is 0.0543. The van der Waals surface area contributed by atoms with Crippen molar-refractivity contribution in [2.75, 3.05) is 236 Å². The molecule has 0 aliphatic rings. The van der Waals surface area contributed by atoms with Crippen molar-refractivity contribution in [1.82, 2.24) is 0 Å². The van der Waals surface area contributed by atoms with Crippen molar-refractivity contribution < 1.29 is 111 Å². The van der Waals surface area contributed by atoms with Crippen LogP contribution in [-0.4, -0.2) is 313 Å². The standard InChI is InChI=1S/C48H84O24S2.K.H/c49-73(50,51)41-3-7-55-9-11-57-13-15-59-17-19-61-21-23-63-25-27-65-29-31-67-33-35-69-37-39-71-47-43-45-5-1-2-6-46(45)44-48(47)72-40-38-70-36-34-68-32-30-66-28-26-64-24-22-62-20-18-60-16-14-58-12-10-56-8-4-42-74(52,53)54;;/h1-2,5-6,43-44H,3-4,7-42H2,(H,49,50,51)(H,52,53,54);;. The maximum atomic E-state index is 10.6. The summed E-state index contributed by atoms with van der Waals surface area (Å²) in [5.74, 6) is 0.617. The molecule has 27 heteroatoms. The summed E-state index contributed by atoms with van der Waals surface area (Å²) in [6.45, 7) is 13.8. The second-order valence-electron chi connectivity index (χ2n) is 15.4. The van der Waals surface area contributed by atoms with E-state index in [1.165, 1.54) is 0 Å². The Balaban J connectivity index is 0.0000281. The van der Waals surface area contributed by atoms with Gasteiger partial charge in [0.1, 0.15) is 13.2 Å². The first kappa shape index (κ1) is 72.1. The van der Waals surface area contributed by atoms with Crippen LogP contribution in [0.2, 0.25) is 0 Å². The third kappa shape index (κ3) is 49.9. The van der Waals surface area contributed by atoms with Crippen LogP contribution in [-0.2, 0) is 96.0 Å². The van der Waals surface area contributed by atoms with E-state index in [1.807, 2.05) is 36.4 Å². The van der Waals surface area contributed by atoms with E-state index in [0.29, 0.717) is 223 Å². The Morgan fingerprint density at radius 2 is 0.453 bits per heavy atom. The van der Waals surface area contributed by atoms with Gasteiger partial charge in [-0.1, -0.05) is 24.3 Å². The van der Waals surface area contributed by atoms with Gasteiger partial charge in [0.25, 0.3) is 20.2 Å². The SMILES string of the molecule is O=S(=O)(O)CCCOCCOCCOCCOCCOCCOCCOCCOCCOc1cc2ccccc2cc1OCCOCCOCCOCCOCCOCCOCCOCCOCCCS(=O)(=O)O.[KH]. The summed E-state index contributed by atoms with van der Waals surface area (Å²) in [5.41, 5.74) is 0. The second kappa shape index (κ2) is 52.5. The zero-order chi connectivity index (χ0) is 53.2. The van der Waals surface area contributed by atoms with Crippen LogP contribution < -0.4 is 9.47 Å². The van der Waals surface area contributed by atoms with E-state index in [2.05, 4.69) is 0 Å². The third-order valence-electron chi connectivity index (χ3n) is 9.37. The zero-order valence-electron chi connectivity index (χ0n) is 43.0. The third-order valence-corrected chi connectivity index (χ3v) is 11.0. The first-order valence-corrected chi connectivity index (χ1v) is 28.3. The average Bonchev–Trinajstić information content (AvgIpc) is 3.37. The minimum absolute atomic E-state index is 0. The Kier molecular flexibility index (Phi) is 50.5. The Bertz CT molecular complexity index is 1660. The average molecular weight is 1150 g/mol. The Morgan fingerprint density at radius 3 is 0.640 bits per heavy atom. The molecule has 0 radical (unpaired) electrons. The molecule has 0 spiro atoms. The number of fused-ring (bicyclic) bond motifs is 1. The molecule has 0 unspecified atom stereocenters. The molecule has 2 N–H and O–H groups in total. The summed E-state index contributed by atoms with van der Waals surface area (Å²) in [6, 6.07) is 11.9. The topological polar surface area (TPSA) is 275 Å².